The number of aromatic nitrogens is 3. The second-order valence-corrected chi connectivity index (χ2v) is 8.11. The molecule has 0 unspecified atom stereocenters. The van der Waals surface area contributed by atoms with E-state index < -0.39 is 11.6 Å². The summed E-state index contributed by atoms with van der Waals surface area (Å²) in [5, 5.41) is 4.16. The predicted octanol–water partition coefficient (Wildman–Crippen LogP) is 3.07. The molecule has 156 valence electrons. The lowest BCUT2D eigenvalue weighted by Crippen LogP contribution is -2.51. The van der Waals surface area contributed by atoms with E-state index in [-0.39, 0.29) is 17.9 Å². The van der Waals surface area contributed by atoms with Gasteiger partial charge in [-0.05, 0) is 49.4 Å². The molecule has 1 amide bonds. The zero-order valence-electron chi connectivity index (χ0n) is 16.5. The van der Waals surface area contributed by atoms with Crippen molar-refractivity contribution < 1.29 is 13.6 Å². The van der Waals surface area contributed by atoms with Gasteiger partial charge in [0.2, 0.25) is 5.91 Å². The highest BCUT2D eigenvalue weighted by atomic mass is 19.1. The second-order valence-electron chi connectivity index (χ2n) is 8.11. The van der Waals surface area contributed by atoms with E-state index in [2.05, 4.69) is 16.1 Å². The first kappa shape index (κ1) is 19.0. The Balaban J connectivity index is 1.21. The monoisotopic (exact) mass is 411 g/mol. The number of hydrogen-bond donors (Lipinski definition) is 0. The Morgan fingerprint density at radius 1 is 1.17 bits per heavy atom. The molecule has 2 aromatic heterocycles. The van der Waals surface area contributed by atoms with Crippen LogP contribution in [0.4, 0.5) is 14.5 Å². The molecule has 2 atom stereocenters. The number of nitrogens with zero attached hydrogens (tertiary/aromatic N) is 5. The van der Waals surface area contributed by atoms with Crippen molar-refractivity contribution in [3.05, 3.63) is 60.1 Å². The summed E-state index contributed by atoms with van der Waals surface area (Å²) >= 11 is 0. The Morgan fingerprint density at radius 2 is 2.07 bits per heavy atom. The third kappa shape index (κ3) is 3.40. The fourth-order valence-electron chi connectivity index (χ4n) is 4.85. The number of halogens is 2. The lowest BCUT2D eigenvalue weighted by Gasteiger charge is -2.38. The number of benzene rings is 1. The van der Waals surface area contributed by atoms with Crippen LogP contribution >= 0.6 is 0 Å². The molecule has 0 aliphatic carbocycles. The summed E-state index contributed by atoms with van der Waals surface area (Å²) in [6.07, 6.45) is 6.79. The topological polar surface area (TPSA) is 53.7 Å². The van der Waals surface area contributed by atoms with Gasteiger partial charge in [-0.1, -0.05) is 6.07 Å². The number of aryl methyl sites for hydroxylation is 1. The van der Waals surface area contributed by atoms with E-state index >= 15 is 0 Å². The summed E-state index contributed by atoms with van der Waals surface area (Å²) in [7, 11) is 0. The average Bonchev–Trinajstić information content (AvgIpc) is 3.33. The van der Waals surface area contributed by atoms with Crippen LogP contribution in [0.15, 0.2) is 42.9 Å². The minimum absolute atomic E-state index is 0.00520. The third-order valence-electron chi connectivity index (χ3n) is 6.31. The van der Waals surface area contributed by atoms with Crippen LogP contribution in [0.5, 0.6) is 0 Å². The molecule has 2 aliphatic rings. The maximum Gasteiger partial charge on any atom is 0.226 e. The smallest absolute Gasteiger partial charge is 0.226 e. The van der Waals surface area contributed by atoms with Gasteiger partial charge in [0.1, 0.15) is 18.0 Å². The molecule has 0 radical (unpaired) electrons. The molecule has 1 aromatic carbocycles. The van der Waals surface area contributed by atoms with Crippen molar-refractivity contribution >= 4 is 17.2 Å². The van der Waals surface area contributed by atoms with Crippen LogP contribution in [-0.4, -0.2) is 51.1 Å². The molecule has 3 aromatic rings. The molecule has 30 heavy (non-hydrogen) atoms. The highest BCUT2D eigenvalue weighted by Crippen LogP contribution is 2.33. The quantitative estimate of drug-likeness (QED) is 0.648. The maximum atomic E-state index is 14.2. The fraction of sp³-hybridized carbons (Fsp3) is 0.409. The van der Waals surface area contributed by atoms with Crippen molar-refractivity contribution in [2.75, 3.05) is 24.5 Å². The summed E-state index contributed by atoms with van der Waals surface area (Å²) < 4.78 is 29.2. The molecule has 0 spiro atoms. The van der Waals surface area contributed by atoms with Gasteiger partial charge < -0.3 is 9.80 Å². The summed E-state index contributed by atoms with van der Waals surface area (Å²) in [6.45, 7) is 1.73. The zero-order chi connectivity index (χ0) is 20.7. The Kier molecular flexibility index (Phi) is 4.84. The molecular weight excluding hydrogens is 388 g/mol. The van der Waals surface area contributed by atoms with Crippen molar-refractivity contribution in [3.63, 3.8) is 0 Å². The number of amides is 1. The first-order valence-corrected chi connectivity index (χ1v) is 10.4. The van der Waals surface area contributed by atoms with Gasteiger partial charge in [0.05, 0.1) is 11.7 Å². The maximum absolute atomic E-state index is 14.2. The number of fused-ring (bicyclic) bond motifs is 2. The molecule has 2 fully saturated rings. The van der Waals surface area contributed by atoms with Crippen molar-refractivity contribution in [3.8, 4) is 0 Å². The molecule has 0 N–H and O–H groups in total. The van der Waals surface area contributed by atoms with Crippen LogP contribution in [0, 0.1) is 17.6 Å². The van der Waals surface area contributed by atoms with Crippen molar-refractivity contribution in [2.45, 2.75) is 31.7 Å². The predicted molar refractivity (Wildman–Crippen MR) is 108 cm³/mol. The minimum atomic E-state index is -0.576. The average molecular weight is 411 g/mol. The van der Waals surface area contributed by atoms with Gasteiger partial charge in [0.15, 0.2) is 5.65 Å². The van der Waals surface area contributed by atoms with Gasteiger partial charge in [0.25, 0.3) is 0 Å². The molecule has 8 heteroatoms. The first-order valence-electron chi connectivity index (χ1n) is 10.4. The van der Waals surface area contributed by atoms with Gasteiger partial charge >= 0.3 is 0 Å². The summed E-state index contributed by atoms with van der Waals surface area (Å²) in [4.78, 5) is 21.0. The number of rotatable bonds is 5. The second kappa shape index (κ2) is 7.66. The van der Waals surface area contributed by atoms with Crippen molar-refractivity contribution in [2.24, 2.45) is 5.92 Å². The lowest BCUT2D eigenvalue weighted by atomic mass is 9.96. The van der Waals surface area contributed by atoms with Gasteiger partial charge in [-0.15, -0.1) is 0 Å². The van der Waals surface area contributed by atoms with E-state index in [4.69, 9.17) is 0 Å². The van der Waals surface area contributed by atoms with Crippen LogP contribution < -0.4 is 4.90 Å². The molecule has 2 saturated heterocycles. The summed E-state index contributed by atoms with van der Waals surface area (Å²) in [5.41, 5.74) is 2.41. The van der Waals surface area contributed by atoms with E-state index in [9.17, 15) is 13.6 Å². The first-order chi connectivity index (χ1) is 14.6. The SMILES string of the molecule is O=C1[C@@H](CCCc2cccn3ncnc23)C[C@H]2CN(c3ccc(F)cc3F)CCN12. The van der Waals surface area contributed by atoms with E-state index in [1.54, 1.807) is 10.8 Å². The lowest BCUT2D eigenvalue weighted by molar-refractivity contribution is -0.132. The largest absolute Gasteiger partial charge is 0.365 e. The number of hydrogen-bond acceptors (Lipinski definition) is 4. The number of piperazine rings is 1. The Morgan fingerprint density at radius 3 is 2.93 bits per heavy atom. The molecular formula is C22H23F2N5O. The summed E-state index contributed by atoms with van der Waals surface area (Å²) in [6, 6.07) is 7.78. The highest BCUT2D eigenvalue weighted by Gasteiger charge is 2.42. The van der Waals surface area contributed by atoms with Crippen LogP contribution in [-0.2, 0) is 11.2 Å². The number of carbonyl (C=O) groups is 1. The van der Waals surface area contributed by atoms with Crippen LogP contribution in [0.25, 0.3) is 5.65 Å². The van der Waals surface area contributed by atoms with Crippen LogP contribution in [0.2, 0.25) is 0 Å². The third-order valence-corrected chi connectivity index (χ3v) is 6.31. The van der Waals surface area contributed by atoms with Gasteiger partial charge in [-0.3, -0.25) is 4.79 Å². The number of pyridine rings is 1. The molecule has 4 heterocycles. The fourth-order valence-corrected chi connectivity index (χ4v) is 4.85. The van der Waals surface area contributed by atoms with E-state index in [0.717, 1.165) is 43.0 Å². The number of anilines is 1. The molecule has 6 nitrogen and oxygen atoms in total. The van der Waals surface area contributed by atoms with Crippen molar-refractivity contribution in [1.82, 2.24) is 19.5 Å². The number of carbonyl (C=O) groups excluding carboxylic acids is 1. The Labute approximate surface area is 173 Å². The highest BCUT2D eigenvalue weighted by molar-refractivity contribution is 5.82. The van der Waals surface area contributed by atoms with Gasteiger partial charge in [-0.25, -0.2) is 18.3 Å². The normalized spacial score (nSPS) is 21.5. The minimum Gasteiger partial charge on any atom is -0.365 e. The molecule has 2 aliphatic heterocycles. The molecule has 0 saturated carbocycles. The molecule has 5 rings (SSSR count). The van der Waals surface area contributed by atoms with E-state index in [1.165, 1.54) is 12.1 Å². The van der Waals surface area contributed by atoms with Gasteiger partial charge in [0, 0.05) is 37.8 Å². The van der Waals surface area contributed by atoms with Crippen LogP contribution in [0.3, 0.4) is 0 Å². The van der Waals surface area contributed by atoms with E-state index in [0.29, 0.717) is 25.3 Å². The van der Waals surface area contributed by atoms with Crippen LogP contribution in [0.1, 0.15) is 24.8 Å². The zero-order valence-corrected chi connectivity index (χ0v) is 16.5. The summed E-state index contributed by atoms with van der Waals surface area (Å²) in [5.74, 6) is -0.912. The Hall–Kier alpha value is -3.03. The Bertz CT molecular complexity index is 1080. The molecule has 0 bridgehead atoms. The van der Waals surface area contributed by atoms with Crippen molar-refractivity contribution in [1.29, 1.82) is 0 Å². The standard InChI is InChI=1S/C22H23F2N5O/c23-17-6-7-20(19(24)12-17)27-9-10-28-18(13-27)11-16(22(28)30)4-1-3-15-5-2-8-29-21(15)25-14-26-29/h2,5-8,12,14,16,18H,1,3-4,9-11,13H2/t16-,18-/m0/s1. The van der Waals surface area contributed by atoms with Gasteiger partial charge in [-0.2, -0.15) is 5.10 Å². The van der Waals surface area contributed by atoms with E-state index in [1.807, 2.05) is 22.1 Å².